The fourth-order valence-electron chi connectivity index (χ4n) is 2.88. The summed E-state index contributed by atoms with van der Waals surface area (Å²) >= 11 is 0. The van der Waals surface area contributed by atoms with E-state index in [9.17, 15) is 14.4 Å². The van der Waals surface area contributed by atoms with Gasteiger partial charge in [-0.15, -0.1) is 0 Å². The maximum atomic E-state index is 12.5. The molecule has 0 radical (unpaired) electrons. The minimum atomic E-state index is -0.575. The van der Waals surface area contributed by atoms with E-state index in [-0.39, 0.29) is 24.3 Å². The number of carbonyl (C=O) groups is 3. The van der Waals surface area contributed by atoms with Crippen molar-refractivity contribution in [3.05, 3.63) is 59.5 Å². The van der Waals surface area contributed by atoms with E-state index in [1.54, 1.807) is 19.9 Å². The Morgan fingerprint density at radius 1 is 1.19 bits per heavy atom. The van der Waals surface area contributed by atoms with E-state index in [1.807, 2.05) is 30.3 Å². The highest BCUT2D eigenvalue weighted by Gasteiger charge is 2.38. The molecule has 1 aliphatic rings. The van der Waals surface area contributed by atoms with Crippen molar-refractivity contribution in [3.8, 4) is 0 Å². The quantitative estimate of drug-likeness (QED) is 0.598. The summed E-state index contributed by atoms with van der Waals surface area (Å²) in [5, 5.41) is 2.70. The Labute approximate surface area is 157 Å². The van der Waals surface area contributed by atoms with Gasteiger partial charge in [0.1, 0.15) is 11.8 Å². The lowest BCUT2D eigenvalue weighted by molar-refractivity contribution is -0.128. The minimum absolute atomic E-state index is 0.0263. The summed E-state index contributed by atoms with van der Waals surface area (Å²) in [5.41, 5.74) is 1.11. The molecule has 142 valence electrons. The molecule has 0 spiro atoms. The maximum absolute atomic E-state index is 12.5. The molecule has 3 amide bonds. The van der Waals surface area contributed by atoms with Crippen LogP contribution in [0.1, 0.15) is 42.1 Å². The molecule has 1 atom stereocenters. The highest BCUT2D eigenvalue weighted by Crippen LogP contribution is 2.18. The number of rotatable bonds is 7. The first-order valence-electron chi connectivity index (χ1n) is 8.89. The molecule has 1 saturated heterocycles. The van der Waals surface area contributed by atoms with Gasteiger partial charge in [0.25, 0.3) is 5.91 Å². The number of benzene rings is 1. The number of amides is 3. The van der Waals surface area contributed by atoms with Crippen molar-refractivity contribution in [2.24, 2.45) is 0 Å². The van der Waals surface area contributed by atoms with Crippen LogP contribution in [0.3, 0.4) is 0 Å². The normalized spacial score (nSPS) is 16.7. The van der Waals surface area contributed by atoms with Gasteiger partial charge in [-0.3, -0.25) is 9.69 Å². The summed E-state index contributed by atoms with van der Waals surface area (Å²) in [6.45, 7) is 3.45. The second-order valence-electron chi connectivity index (χ2n) is 6.67. The van der Waals surface area contributed by atoms with Crippen LogP contribution in [0.5, 0.6) is 0 Å². The number of nitrogens with one attached hydrogen (secondary N) is 1. The standard InChI is InChI=1S/C20H22N2O5/c1-13(2)26-19(24)17-11-9-15(27-17)12-22-18(23)16(21-20(22)25)10-8-14-6-4-3-5-7-14/h3-7,9,11,13,16H,8,10,12H2,1-2H3,(H,21,25)/t16-/m0/s1. The molecule has 1 N–H and O–H groups in total. The lowest BCUT2D eigenvalue weighted by atomic mass is 10.1. The van der Waals surface area contributed by atoms with Crippen LogP contribution in [0.25, 0.3) is 0 Å². The molecule has 27 heavy (non-hydrogen) atoms. The largest absolute Gasteiger partial charge is 0.457 e. The van der Waals surface area contributed by atoms with Crippen LogP contribution in [0.2, 0.25) is 0 Å². The van der Waals surface area contributed by atoms with Gasteiger partial charge in [-0.2, -0.15) is 0 Å². The predicted molar refractivity (Wildman–Crippen MR) is 96.9 cm³/mol. The molecule has 1 fully saturated rings. The highest BCUT2D eigenvalue weighted by molar-refractivity contribution is 6.04. The van der Waals surface area contributed by atoms with Crippen molar-refractivity contribution in [3.63, 3.8) is 0 Å². The van der Waals surface area contributed by atoms with Crippen molar-refractivity contribution in [1.82, 2.24) is 10.2 Å². The molecule has 1 aromatic heterocycles. The minimum Gasteiger partial charge on any atom is -0.457 e. The van der Waals surface area contributed by atoms with Crippen LogP contribution in [-0.2, 0) is 22.5 Å². The average molecular weight is 370 g/mol. The van der Waals surface area contributed by atoms with Gasteiger partial charge in [0.15, 0.2) is 0 Å². The van der Waals surface area contributed by atoms with Crippen molar-refractivity contribution in [2.45, 2.75) is 45.4 Å². The third-order valence-corrected chi connectivity index (χ3v) is 4.19. The first kappa shape index (κ1) is 18.7. The number of urea groups is 1. The Balaban J connectivity index is 1.59. The second kappa shape index (κ2) is 8.07. The number of esters is 1. The van der Waals surface area contributed by atoms with E-state index in [1.165, 1.54) is 6.07 Å². The van der Waals surface area contributed by atoms with Crippen molar-refractivity contribution in [1.29, 1.82) is 0 Å². The van der Waals surface area contributed by atoms with Crippen LogP contribution < -0.4 is 5.32 Å². The highest BCUT2D eigenvalue weighted by atomic mass is 16.6. The van der Waals surface area contributed by atoms with Crippen LogP contribution in [0.4, 0.5) is 4.79 Å². The van der Waals surface area contributed by atoms with E-state index >= 15 is 0 Å². The molecule has 0 unspecified atom stereocenters. The number of aryl methyl sites for hydroxylation is 1. The van der Waals surface area contributed by atoms with Gasteiger partial charge in [-0.1, -0.05) is 30.3 Å². The molecule has 0 aliphatic carbocycles. The van der Waals surface area contributed by atoms with Gasteiger partial charge in [0.05, 0.1) is 12.6 Å². The monoisotopic (exact) mass is 370 g/mol. The van der Waals surface area contributed by atoms with Gasteiger partial charge in [0.2, 0.25) is 5.76 Å². The summed E-state index contributed by atoms with van der Waals surface area (Å²) in [6, 6.07) is 11.8. The zero-order chi connectivity index (χ0) is 19.4. The second-order valence-corrected chi connectivity index (χ2v) is 6.67. The molecule has 3 rings (SSSR count). The molecule has 0 saturated carbocycles. The number of hydrogen-bond donors (Lipinski definition) is 1. The Kier molecular flexibility index (Phi) is 5.59. The van der Waals surface area contributed by atoms with Gasteiger partial charge < -0.3 is 14.5 Å². The number of ether oxygens (including phenoxy) is 1. The van der Waals surface area contributed by atoms with Crippen molar-refractivity contribution >= 4 is 17.9 Å². The fourth-order valence-corrected chi connectivity index (χ4v) is 2.88. The lowest BCUT2D eigenvalue weighted by Crippen LogP contribution is -2.31. The molecule has 7 nitrogen and oxygen atoms in total. The SMILES string of the molecule is CC(C)OC(=O)c1ccc(CN2C(=O)N[C@@H](CCc3ccccc3)C2=O)o1. The maximum Gasteiger partial charge on any atom is 0.374 e. The molecule has 1 aliphatic heterocycles. The van der Waals surface area contributed by atoms with Crippen LogP contribution in [0, 0.1) is 0 Å². The Bertz CT molecular complexity index is 828. The van der Waals surface area contributed by atoms with E-state index < -0.39 is 18.0 Å². The van der Waals surface area contributed by atoms with Crippen LogP contribution >= 0.6 is 0 Å². The first-order chi connectivity index (χ1) is 12.9. The molecular weight excluding hydrogens is 348 g/mol. The van der Waals surface area contributed by atoms with E-state index in [2.05, 4.69) is 5.32 Å². The molecular formula is C20H22N2O5. The number of nitrogens with zero attached hydrogens (tertiary/aromatic N) is 1. The third kappa shape index (κ3) is 4.55. The predicted octanol–water partition coefficient (Wildman–Crippen LogP) is 2.90. The fraction of sp³-hybridized carbons (Fsp3) is 0.350. The molecule has 2 heterocycles. The van der Waals surface area contributed by atoms with E-state index in [0.29, 0.717) is 18.6 Å². The Morgan fingerprint density at radius 2 is 1.93 bits per heavy atom. The third-order valence-electron chi connectivity index (χ3n) is 4.19. The number of imide groups is 1. The van der Waals surface area contributed by atoms with Crippen molar-refractivity contribution in [2.75, 3.05) is 0 Å². The van der Waals surface area contributed by atoms with Gasteiger partial charge in [-0.05, 0) is 44.4 Å². The van der Waals surface area contributed by atoms with Gasteiger partial charge in [-0.25, -0.2) is 9.59 Å². The summed E-state index contributed by atoms with van der Waals surface area (Å²) in [5.74, 6) is -0.475. The van der Waals surface area contributed by atoms with Crippen LogP contribution in [-0.4, -0.2) is 35.0 Å². The number of carbonyl (C=O) groups excluding carboxylic acids is 3. The van der Waals surface area contributed by atoms with E-state index in [0.717, 1.165) is 10.5 Å². The zero-order valence-corrected chi connectivity index (χ0v) is 15.3. The number of furan rings is 1. The zero-order valence-electron chi connectivity index (χ0n) is 15.3. The first-order valence-corrected chi connectivity index (χ1v) is 8.89. The molecule has 2 aromatic rings. The molecule has 0 bridgehead atoms. The average Bonchev–Trinajstić information content (AvgIpc) is 3.21. The Morgan fingerprint density at radius 3 is 2.63 bits per heavy atom. The lowest BCUT2D eigenvalue weighted by Gasteiger charge is -2.11. The topological polar surface area (TPSA) is 88.9 Å². The smallest absolute Gasteiger partial charge is 0.374 e. The Hall–Kier alpha value is -3.09. The number of hydrogen-bond acceptors (Lipinski definition) is 5. The summed E-state index contributed by atoms with van der Waals surface area (Å²) < 4.78 is 10.5. The molecule has 1 aromatic carbocycles. The molecule has 7 heteroatoms. The van der Waals surface area contributed by atoms with E-state index in [4.69, 9.17) is 9.15 Å². The summed E-state index contributed by atoms with van der Waals surface area (Å²) in [7, 11) is 0. The van der Waals surface area contributed by atoms with Gasteiger partial charge in [0, 0.05) is 0 Å². The summed E-state index contributed by atoms with van der Waals surface area (Å²) in [6.07, 6.45) is 0.953. The van der Waals surface area contributed by atoms with Crippen molar-refractivity contribution < 1.29 is 23.5 Å². The van der Waals surface area contributed by atoms with Crippen LogP contribution in [0.15, 0.2) is 46.9 Å². The van der Waals surface area contributed by atoms with Gasteiger partial charge >= 0.3 is 12.0 Å². The summed E-state index contributed by atoms with van der Waals surface area (Å²) in [4.78, 5) is 37.6.